The number of phenols is 2. The number of carbonyl (C=O) groups is 2. The van der Waals surface area contributed by atoms with Gasteiger partial charge >= 0.3 is 11.9 Å². The smallest absolute Gasteiger partial charge is 0.366 e. The number of ether oxygens (including phenoxy) is 2. The average molecular weight is 373 g/mol. The Hall–Kier alpha value is -3.06. The van der Waals surface area contributed by atoms with Gasteiger partial charge in [-0.15, -0.1) is 0 Å². The second kappa shape index (κ2) is 8.55. The van der Waals surface area contributed by atoms with E-state index in [4.69, 9.17) is 15.2 Å². The van der Waals surface area contributed by atoms with Crippen molar-refractivity contribution in [3.63, 3.8) is 0 Å². The minimum atomic E-state index is -2.12. The van der Waals surface area contributed by atoms with Crippen LogP contribution in [0.2, 0.25) is 0 Å². The predicted molar refractivity (Wildman–Crippen MR) is 98.2 cm³/mol. The van der Waals surface area contributed by atoms with Crippen molar-refractivity contribution in [1.29, 1.82) is 0 Å². The van der Waals surface area contributed by atoms with Crippen LogP contribution in [-0.2, 0) is 14.3 Å². The molecule has 144 valence electrons. The topological polar surface area (TPSA) is 119 Å². The molecule has 2 aromatic carbocycles. The highest BCUT2D eigenvalue weighted by molar-refractivity contribution is 5.92. The molecule has 0 spiro atoms. The molecular weight excluding hydrogens is 350 g/mol. The second-order valence-electron chi connectivity index (χ2n) is 6.15. The summed E-state index contributed by atoms with van der Waals surface area (Å²) in [6.45, 7) is 3.51. The fraction of sp³-hybridized carbons (Fsp3) is 0.300. The van der Waals surface area contributed by atoms with Gasteiger partial charge in [-0.05, 0) is 36.2 Å². The van der Waals surface area contributed by atoms with E-state index in [1.807, 2.05) is 6.92 Å². The van der Waals surface area contributed by atoms with Gasteiger partial charge in [-0.25, -0.2) is 9.59 Å². The number of hydrogen-bond acceptors (Lipinski definition) is 7. The molecule has 0 aliphatic carbocycles. The molecule has 7 heteroatoms. The first-order valence-corrected chi connectivity index (χ1v) is 8.56. The summed E-state index contributed by atoms with van der Waals surface area (Å²) in [5, 5.41) is 19.2. The van der Waals surface area contributed by atoms with Crippen molar-refractivity contribution in [3.8, 4) is 11.5 Å². The summed E-state index contributed by atoms with van der Waals surface area (Å²) in [6.07, 6.45) is 0.572. The zero-order valence-corrected chi connectivity index (χ0v) is 15.2. The largest absolute Gasteiger partial charge is 0.504 e. The van der Waals surface area contributed by atoms with E-state index in [2.05, 4.69) is 0 Å². The molecule has 0 aliphatic rings. The molecule has 0 saturated heterocycles. The summed E-state index contributed by atoms with van der Waals surface area (Å²) >= 11 is 0. The first-order valence-electron chi connectivity index (χ1n) is 8.56. The molecule has 0 aromatic heterocycles. The monoisotopic (exact) mass is 373 g/mol. The maximum atomic E-state index is 12.6. The highest BCUT2D eigenvalue weighted by Gasteiger charge is 2.46. The van der Waals surface area contributed by atoms with E-state index in [1.54, 1.807) is 25.1 Å². The van der Waals surface area contributed by atoms with Crippen LogP contribution in [0.3, 0.4) is 0 Å². The van der Waals surface area contributed by atoms with Crippen molar-refractivity contribution in [2.45, 2.75) is 31.9 Å². The summed E-state index contributed by atoms with van der Waals surface area (Å²) in [5.41, 5.74) is 4.73. The lowest BCUT2D eigenvalue weighted by Crippen LogP contribution is -2.56. The van der Waals surface area contributed by atoms with Gasteiger partial charge in [0.2, 0.25) is 0 Å². The zero-order chi connectivity index (χ0) is 20.0. The molecule has 0 heterocycles. The lowest BCUT2D eigenvalue weighted by Gasteiger charge is -2.32. The van der Waals surface area contributed by atoms with E-state index in [-0.39, 0.29) is 23.7 Å². The number of nitrogens with two attached hydrogens (primary N) is 1. The van der Waals surface area contributed by atoms with Gasteiger partial charge in [0, 0.05) is 5.92 Å². The van der Waals surface area contributed by atoms with Gasteiger partial charge in [0.25, 0.3) is 5.72 Å². The summed E-state index contributed by atoms with van der Waals surface area (Å²) in [6, 6.07) is 12.1. The fourth-order valence-electron chi connectivity index (χ4n) is 2.46. The number of benzene rings is 2. The van der Waals surface area contributed by atoms with E-state index < -0.39 is 23.6 Å². The van der Waals surface area contributed by atoms with Crippen molar-refractivity contribution in [2.75, 3.05) is 6.61 Å². The van der Waals surface area contributed by atoms with Crippen molar-refractivity contribution in [1.82, 2.24) is 0 Å². The summed E-state index contributed by atoms with van der Waals surface area (Å²) in [7, 11) is 0. The molecule has 7 nitrogen and oxygen atoms in total. The van der Waals surface area contributed by atoms with Gasteiger partial charge in [-0.3, -0.25) is 5.73 Å². The SMILES string of the molecule is CCCOC(=O)[C@@](N)(OC(=O)c1ccccc1)C(C)c1ccc(O)c(O)c1. The Labute approximate surface area is 157 Å². The third-order valence-electron chi connectivity index (χ3n) is 4.17. The van der Waals surface area contributed by atoms with E-state index in [0.29, 0.717) is 12.0 Å². The fourth-order valence-corrected chi connectivity index (χ4v) is 2.46. The molecule has 1 unspecified atom stereocenters. The lowest BCUT2D eigenvalue weighted by atomic mass is 9.90. The third kappa shape index (κ3) is 4.57. The zero-order valence-electron chi connectivity index (χ0n) is 15.2. The average Bonchev–Trinajstić information content (AvgIpc) is 2.68. The first kappa shape index (κ1) is 20.3. The molecule has 0 radical (unpaired) electrons. The number of phenolic OH excluding ortho intramolecular Hbond substituents is 2. The first-order chi connectivity index (χ1) is 12.8. The van der Waals surface area contributed by atoms with Crippen LogP contribution in [0.25, 0.3) is 0 Å². The van der Waals surface area contributed by atoms with Crippen molar-refractivity contribution in [3.05, 3.63) is 59.7 Å². The Bertz CT molecular complexity index is 807. The molecule has 4 N–H and O–H groups in total. The minimum absolute atomic E-state index is 0.119. The maximum Gasteiger partial charge on any atom is 0.366 e. The number of carbonyl (C=O) groups excluding carboxylic acids is 2. The molecule has 27 heavy (non-hydrogen) atoms. The maximum absolute atomic E-state index is 12.6. The van der Waals surface area contributed by atoms with Crippen LogP contribution >= 0.6 is 0 Å². The number of aromatic hydroxyl groups is 2. The molecular formula is C20H23NO6. The molecule has 0 fully saturated rings. The van der Waals surface area contributed by atoms with Crippen LogP contribution in [0.15, 0.2) is 48.5 Å². The van der Waals surface area contributed by atoms with E-state index in [0.717, 1.165) is 0 Å². The van der Waals surface area contributed by atoms with Crippen LogP contribution in [0.1, 0.15) is 42.1 Å². The predicted octanol–water partition coefficient (Wildman–Crippen LogP) is 2.67. The van der Waals surface area contributed by atoms with Gasteiger partial charge in [0.15, 0.2) is 11.5 Å². The molecule has 2 rings (SSSR count). The standard InChI is InChI=1S/C20H23NO6/c1-3-11-26-19(25)20(21,27-18(24)14-7-5-4-6-8-14)13(2)15-9-10-16(22)17(23)12-15/h4-10,12-13,22-23H,3,11,21H2,1-2H3/t13?,20-/m0/s1. The van der Waals surface area contributed by atoms with Crippen LogP contribution < -0.4 is 5.73 Å². The van der Waals surface area contributed by atoms with Crippen LogP contribution in [0, 0.1) is 0 Å². The van der Waals surface area contributed by atoms with Crippen LogP contribution in [0.5, 0.6) is 11.5 Å². The van der Waals surface area contributed by atoms with Gasteiger partial charge in [-0.2, -0.15) is 0 Å². The summed E-state index contributed by atoms with van der Waals surface area (Å²) in [5.74, 6) is -3.22. The van der Waals surface area contributed by atoms with Crippen molar-refractivity contribution < 1.29 is 29.3 Å². The molecule has 2 aromatic rings. The Balaban J connectivity index is 2.37. The van der Waals surface area contributed by atoms with Crippen LogP contribution in [-0.4, -0.2) is 34.5 Å². The number of esters is 2. The Morgan fingerprint density at radius 2 is 1.78 bits per heavy atom. The van der Waals surface area contributed by atoms with Crippen molar-refractivity contribution >= 4 is 11.9 Å². The van der Waals surface area contributed by atoms with E-state index in [1.165, 1.54) is 30.3 Å². The highest BCUT2D eigenvalue weighted by atomic mass is 16.6. The minimum Gasteiger partial charge on any atom is -0.504 e. The van der Waals surface area contributed by atoms with Crippen LogP contribution in [0.4, 0.5) is 0 Å². The lowest BCUT2D eigenvalue weighted by molar-refractivity contribution is -0.168. The Morgan fingerprint density at radius 1 is 1.11 bits per heavy atom. The quantitative estimate of drug-likeness (QED) is 0.388. The van der Waals surface area contributed by atoms with E-state index in [9.17, 15) is 19.8 Å². The molecule has 2 atom stereocenters. The Kier molecular flexibility index (Phi) is 6.41. The number of rotatable bonds is 7. The second-order valence-corrected chi connectivity index (χ2v) is 6.15. The summed E-state index contributed by atoms with van der Waals surface area (Å²) < 4.78 is 10.5. The van der Waals surface area contributed by atoms with Crippen molar-refractivity contribution in [2.24, 2.45) is 5.73 Å². The van der Waals surface area contributed by atoms with Gasteiger partial charge in [-0.1, -0.05) is 38.1 Å². The van der Waals surface area contributed by atoms with Gasteiger partial charge < -0.3 is 19.7 Å². The normalized spacial score (nSPS) is 14.0. The highest BCUT2D eigenvalue weighted by Crippen LogP contribution is 2.34. The Morgan fingerprint density at radius 3 is 2.37 bits per heavy atom. The third-order valence-corrected chi connectivity index (χ3v) is 4.17. The number of hydrogen-bond donors (Lipinski definition) is 3. The summed E-state index contributed by atoms with van der Waals surface area (Å²) in [4.78, 5) is 25.1. The van der Waals surface area contributed by atoms with E-state index >= 15 is 0 Å². The van der Waals surface area contributed by atoms with Gasteiger partial charge in [0.05, 0.1) is 12.2 Å². The molecule has 0 aliphatic heterocycles. The van der Waals surface area contributed by atoms with Gasteiger partial charge in [0.1, 0.15) is 0 Å². The molecule has 0 bridgehead atoms. The molecule has 0 amide bonds. The molecule has 0 saturated carbocycles.